The third kappa shape index (κ3) is 2.26. The van der Waals surface area contributed by atoms with E-state index in [0.29, 0.717) is 12.0 Å². The molecule has 1 aliphatic carbocycles. The van der Waals surface area contributed by atoms with E-state index in [1.54, 1.807) is 4.90 Å². The molecule has 0 heterocycles. The van der Waals surface area contributed by atoms with E-state index in [1.807, 2.05) is 7.05 Å². The van der Waals surface area contributed by atoms with Gasteiger partial charge in [0.05, 0.1) is 7.85 Å². The van der Waals surface area contributed by atoms with Crippen molar-refractivity contribution in [3.63, 3.8) is 0 Å². The van der Waals surface area contributed by atoms with Crippen LogP contribution in [-0.4, -0.2) is 32.2 Å². The van der Waals surface area contributed by atoms with Gasteiger partial charge in [-0.1, -0.05) is 32.0 Å². The molecule has 0 aromatic heterocycles. The highest BCUT2D eigenvalue weighted by atomic mass is 16.1. The van der Waals surface area contributed by atoms with E-state index in [2.05, 4.69) is 6.92 Å². The van der Waals surface area contributed by atoms with Crippen LogP contribution < -0.4 is 0 Å². The summed E-state index contributed by atoms with van der Waals surface area (Å²) in [4.78, 5) is 12.4. The van der Waals surface area contributed by atoms with Crippen LogP contribution in [0.4, 0.5) is 0 Å². The van der Waals surface area contributed by atoms with Gasteiger partial charge in [0.1, 0.15) is 0 Å². The summed E-state index contributed by atoms with van der Waals surface area (Å²) in [5.41, 5.74) is 0. The highest BCUT2D eigenvalue weighted by Gasteiger charge is 2.30. The molecule has 2 nitrogen and oxygen atoms in total. The Bertz CT molecular complexity index is 174. The van der Waals surface area contributed by atoms with Gasteiger partial charge in [0.15, 0.2) is 0 Å². The first-order chi connectivity index (χ1) is 6.20. The third-order valence-electron chi connectivity index (χ3n) is 3.24. The van der Waals surface area contributed by atoms with Gasteiger partial charge in [-0.3, -0.25) is 4.79 Å². The molecule has 1 saturated carbocycles. The summed E-state index contributed by atoms with van der Waals surface area (Å²) in [6, 6.07) is 0.367. The molecule has 3 atom stereocenters. The van der Waals surface area contributed by atoms with Crippen molar-refractivity contribution in [3.8, 4) is 0 Å². The molecule has 1 fully saturated rings. The van der Waals surface area contributed by atoms with Gasteiger partial charge in [-0.2, -0.15) is 0 Å². The number of rotatable bonds is 3. The maximum atomic E-state index is 10.7. The summed E-state index contributed by atoms with van der Waals surface area (Å²) in [6.45, 7) is 2.15. The van der Waals surface area contributed by atoms with E-state index >= 15 is 0 Å². The zero-order valence-corrected chi connectivity index (χ0v) is 8.57. The number of nitrogens with zero attached hydrogens (tertiary/aromatic N) is 1. The molecule has 0 bridgehead atoms. The van der Waals surface area contributed by atoms with Gasteiger partial charge in [-0.05, 0) is 12.3 Å². The van der Waals surface area contributed by atoms with Crippen molar-refractivity contribution in [2.24, 2.45) is 5.92 Å². The molecule has 0 spiro atoms. The summed E-state index contributed by atoms with van der Waals surface area (Å²) in [5.74, 6) is 0.773. The van der Waals surface area contributed by atoms with Gasteiger partial charge in [0, 0.05) is 13.1 Å². The molecule has 0 N–H and O–H groups in total. The fourth-order valence-electron chi connectivity index (χ4n) is 2.43. The molecule has 1 aliphatic rings. The minimum Gasteiger partial charge on any atom is -0.345 e. The van der Waals surface area contributed by atoms with Crippen LogP contribution in [-0.2, 0) is 4.79 Å². The van der Waals surface area contributed by atoms with Crippen molar-refractivity contribution in [2.45, 2.75) is 44.5 Å². The summed E-state index contributed by atoms with van der Waals surface area (Å²) >= 11 is 0. The molecule has 1 amide bonds. The lowest BCUT2D eigenvalue weighted by Crippen LogP contribution is -2.41. The Hall–Kier alpha value is -0.465. The fraction of sp³-hybridized carbons (Fsp3) is 0.900. The van der Waals surface area contributed by atoms with E-state index < -0.39 is 0 Å². The number of carbonyl (C=O) groups is 1. The van der Waals surface area contributed by atoms with Crippen LogP contribution in [0.15, 0.2) is 0 Å². The van der Waals surface area contributed by atoms with E-state index in [9.17, 15) is 4.79 Å². The maximum absolute atomic E-state index is 10.7. The number of hydrogen-bond acceptors (Lipinski definition) is 1. The monoisotopic (exact) mass is 179 g/mol. The van der Waals surface area contributed by atoms with Crippen LogP contribution >= 0.6 is 0 Å². The molecular formula is C10H18BNO. The fourth-order valence-corrected chi connectivity index (χ4v) is 2.43. The molecule has 0 aromatic rings. The second-order valence-corrected chi connectivity index (χ2v) is 4.01. The molecule has 0 saturated heterocycles. The van der Waals surface area contributed by atoms with Crippen molar-refractivity contribution in [1.29, 1.82) is 0 Å². The van der Waals surface area contributed by atoms with Crippen LogP contribution in [0.25, 0.3) is 0 Å². The number of amides is 1. The minimum atomic E-state index is 0.283. The van der Waals surface area contributed by atoms with Crippen LogP contribution in [0.5, 0.6) is 0 Å². The Balaban J connectivity index is 2.63. The third-order valence-corrected chi connectivity index (χ3v) is 3.24. The smallest absolute Gasteiger partial charge is 0.209 e. The minimum absolute atomic E-state index is 0.283. The van der Waals surface area contributed by atoms with E-state index in [4.69, 9.17) is 7.85 Å². The van der Waals surface area contributed by atoms with Crippen molar-refractivity contribution >= 4 is 14.3 Å². The quantitative estimate of drug-likeness (QED) is 0.476. The normalized spacial score (nSPS) is 34.2. The van der Waals surface area contributed by atoms with E-state index in [1.165, 1.54) is 0 Å². The van der Waals surface area contributed by atoms with Crippen molar-refractivity contribution < 1.29 is 4.79 Å². The average molecular weight is 179 g/mol. The van der Waals surface area contributed by atoms with Crippen LogP contribution in [0.2, 0.25) is 5.82 Å². The van der Waals surface area contributed by atoms with Crippen LogP contribution in [0.3, 0.4) is 0 Å². The number of carbonyl (C=O) groups excluding carboxylic acids is 1. The Morgan fingerprint density at radius 2 is 2.23 bits per heavy atom. The summed E-state index contributed by atoms with van der Waals surface area (Å²) in [7, 11) is 7.89. The van der Waals surface area contributed by atoms with Crippen LogP contribution in [0, 0.1) is 5.92 Å². The molecule has 0 aliphatic heterocycles. The molecule has 0 aromatic carbocycles. The first kappa shape index (κ1) is 10.6. The van der Waals surface area contributed by atoms with Crippen molar-refractivity contribution in [2.75, 3.05) is 7.05 Å². The lowest BCUT2D eigenvalue weighted by molar-refractivity contribution is -0.120. The van der Waals surface area contributed by atoms with Crippen molar-refractivity contribution in [3.05, 3.63) is 0 Å². The highest BCUT2D eigenvalue weighted by molar-refractivity contribution is 6.11. The molecule has 13 heavy (non-hydrogen) atoms. The second-order valence-electron chi connectivity index (χ2n) is 4.01. The zero-order valence-electron chi connectivity index (χ0n) is 8.57. The summed E-state index contributed by atoms with van der Waals surface area (Å²) < 4.78 is 0. The van der Waals surface area contributed by atoms with Crippen LogP contribution in [0.1, 0.15) is 32.6 Å². The molecule has 72 valence electrons. The zero-order chi connectivity index (χ0) is 9.84. The highest BCUT2D eigenvalue weighted by Crippen LogP contribution is 2.36. The molecule has 3 heteroatoms. The lowest BCUT2D eigenvalue weighted by Gasteiger charge is -2.40. The predicted octanol–water partition coefficient (Wildman–Crippen LogP) is 1.61. The van der Waals surface area contributed by atoms with E-state index in [-0.39, 0.29) is 5.82 Å². The Morgan fingerprint density at radius 3 is 2.77 bits per heavy atom. The number of hydrogen-bond donors (Lipinski definition) is 0. The Morgan fingerprint density at radius 1 is 1.54 bits per heavy atom. The first-order valence-electron chi connectivity index (χ1n) is 5.13. The molecule has 3 unspecified atom stereocenters. The Kier molecular flexibility index (Phi) is 3.82. The van der Waals surface area contributed by atoms with Crippen molar-refractivity contribution in [1.82, 2.24) is 4.90 Å². The van der Waals surface area contributed by atoms with Gasteiger partial charge in [-0.25, -0.2) is 0 Å². The van der Waals surface area contributed by atoms with Gasteiger partial charge in [-0.15, -0.1) is 0 Å². The lowest BCUT2D eigenvalue weighted by atomic mass is 9.65. The first-order valence-corrected chi connectivity index (χ1v) is 5.13. The summed E-state index contributed by atoms with van der Waals surface area (Å²) in [6.07, 6.45) is 5.37. The van der Waals surface area contributed by atoms with Gasteiger partial charge in [0.25, 0.3) is 0 Å². The predicted molar refractivity (Wildman–Crippen MR) is 54.8 cm³/mol. The SMILES string of the molecule is [B]C1CCCC(N(C)C=O)C1CC. The topological polar surface area (TPSA) is 20.3 Å². The van der Waals surface area contributed by atoms with E-state index in [0.717, 1.165) is 32.1 Å². The standard InChI is InChI=1S/C10H18BNO/c1-3-8-9(11)5-4-6-10(8)12(2)7-13/h7-10H,3-6H2,1-2H3. The molecular weight excluding hydrogens is 161 g/mol. The average Bonchev–Trinajstić information content (AvgIpc) is 2.16. The molecule has 2 radical (unpaired) electrons. The summed E-state index contributed by atoms with van der Waals surface area (Å²) in [5, 5.41) is 0. The largest absolute Gasteiger partial charge is 0.345 e. The Labute approximate surface area is 82.1 Å². The second kappa shape index (κ2) is 4.68. The van der Waals surface area contributed by atoms with Gasteiger partial charge in [0.2, 0.25) is 6.41 Å². The maximum Gasteiger partial charge on any atom is 0.209 e. The van der Waals surface area contributed by atoms with Gasteiger partial charge >= 0.3 is 0 Å². The molecule has 1 rings (SSSR count). The van der Waals surface area contributed by atoms with Gasteiger partial charge < -0.3 is 4.90 Å².